The van der Waals surface area contributed by atoms with Gasteiger partial charge >= 0.3 is 0 Å². The predicted molar refractivity (Wildman–Crippen MR) is 79.6 cm³/mol. The van der Waals surface area contributed by atoms with Crippen LogP contribution in [0.25, 0.3) is 0 Å². The van der Waals surface area contributed by atoms with Gasteiger partial charge in [-0.05, 0) is 24.1 Å². The van der Waals surface area contributed by atoms with Crippen LogP contribution in [0.1, 0.15) is 29.3 Å². The number of benzene rings is 1. The van der Waals surface area contributed by atoms with Gasteiger partial charge in [-0.2, -0.15) is 0 Å². The lowest BCUT2D eigenvalue weighted by molar-refractivity contribution is -0.120. The van der Waals surface area contributed by atoms with E-state index in [4.69, 9.17) is 0 Å². The van der Waals surface area contributed by atoms with Crippen molar-refractivity contribution in [1.29, 1.82) is 0 Å². The summed E-state index contributed by atoms with van der Waals surface area (Å²) in [5.41, 5.74) is 1.31. The summed E-state index contributed by atoms with van der Waals surface area (Å²) in [6.45, 7) is 2.11. The third kappa shape index (κ3) is 4.61. The molecule has 0 aliphatic rings. The first-order chi connectivity index (χ1) is 10.1. The van der Waals surface area contributed by atoms with Crippen molar-refractivity contribution in [2.75, 3.05) is 6.54 Å². The summed E-state index contributed by atoms with van der Waals surface area (Å²) < 4.78 is 12.8. The van der Waals surface area contributed by atoms with Gasteiger partial charge < -0.3 is 10.4 Å². The van der Waals surface area contributed by atoms with E-state index >= 15 is 0 Å². The molecular formula is C15H17FN2O2S. The molecule has 0 saturated heterocycles. The van der Waals surface area contributed by atoms with E-state index in [9.17, 15) is 14.3 Å². The van der Waals surface area contributed by atoms with Crippen molar-refractivity contribution in [3.8, 4) is 0 Å². The number of carbonyl (C=O) groups is 1. The highest BCUT2D eigenvalue weighted by Crippen LogP contribution is 2.13. The van der Waals surface area contributed by atoms with E-state index in [2.05, 4.69) is 10.3 Å². The molecule has 1 amide bonds. The summed E-state index contributed by atoms with van der Waals surface area (Å²) in [6, 6.07) is 5.56. The molecule has 6 heteroatoms. The Balaban J connectivity index is 1.81. The van der Waals surface area contributed by atoms with Crippen molar-refractivity contribution in [2.45, 2.75) is 25.9 Å². The number of hydrogen-bond acceptors (Lipinski definition) is 4. The minimum Gasteiger partial charge on any atom is -0.387 e. The first kappa shape index (κ1) is 15.6. The van der Waals surface area contributed by atoms with Gasteiger partial charge in [0.1, 0.15) is 5.82 Å². The van der Waals surface area contributed by atoms with Crippen molar-refractivity contribution in [3.63, 3.8) is 0 Å². The molecule has 1 heterocycles. The maximum atomic E-state index is 12.8. The Morgan fingerprint density at radius 1 is 1.43 bits per heavy atom. The van der Waals surface area contributed by atoms with Crippen LogP contribution in [0.5, 0.6) is 0 Å². The molecule has 4 nitrogen and oxygen atoms in total. The molecule has 0 aliphatic heterocycles. The summed E-state index contributed by atoms with van der Waals surface area (Å²) in [4.78, 5) is 16.1. The van der Waals surface area contributed by atoms with Gasteiger partial charge in [-0.3, -0.25) is 4.79 Å². The number of nitrogens with zero attached hydrogens (tertiary/aromatic N) is 1. The lowest BCUT2D eigenvalue weighted by Gasteiger charge is -2.12. The fourth-order valence-electron chi connectivity index (χ4n) is 1.83. The third-order valence-corrected chi connectivity index (χ3v) is 4.03. The van der Waals surface area contributed by atoms with E-state index in [0.717, 1.165) is 17.1 Å². The topological polar surface area (TPSA) is 62.2 Å². The van der Waals surface area contributed by atoms with Crippen LogP contribution in [0.2, 0.25) is 0 Å². The lowest BCUT2D eigenvalue weighted by atomic mass is 10.1. The zero-order chi connectivity index (χ0) is 15.2. The van der Waals surface area contributed by atoms with E-state index < -0.39 is 6.10 Å². The second-order valence-corrected chi connectivity index (χ2v) is 5.58. The molecule has 0 aliphatic carbocycles. The number of carbonyl (C=O) groups excluding carboxylic acids is 1. The Morgan fingerprint density at radius 3 is 2.76 bits per heavy atom. The summed E-state index contributed by atoms with van der Waals surface area (Å²) in [6.07, 6.45) is 0.207. The minimum atomic E-state index is -0.851. The SMILES string of the molecule is CCc1nc(CC(=O)NCC(O)c2ccc(F)cc2)cs1. The predicted octanol–water partition coefficient (Wildman–Crippen LogP) is 2.24. The third-order valence-electron chi connectivity index (χ3n) is 2.99. The molecule has 2 N–H and O–H groups in total. The average Bonchev–Trinajstić information content (AvgIpc) is 2.93. The Bertz CT molecular complexity index is 598. The summed E-state index contributed by atoms with van der Waals surface area (Å²) in [7, 11) is 0. The highest BCUT2D eigenvalue weighted by molar-refractivity contribution is 7.09. The molecule has 1 unspecified atom stereocenters. The average molecular weight is 308 g/mol. The number of aromatic nitrogens is 1. The van der Waals surface area contributed by atoms with Gasteiger partial charge in [-0.1, -0.05) is 19.1 Å². The summed E-state index contributed by atoms with van der Waals surface area (Å²) >= 11 is 1.54. The van der Waals surface area contributed by atoms with Crippen LogP contribution < -0.4 is 5.32 Å². The van der Waals surface area contributed by atoms with Gasteiger partial charge in [0.25, 0.3) is 0 Å². The molecule has 0 fully saturated rings. The molecule has 21 heavy (non-hydrogen) atoms. The number of halogens is 1. The van der Waals surface area contributed by atoms with Gasteiger partial charge in [-0.25, -0.2) is 9.37 Å². The Kier molecular flexibility index (Phi) is 5.41. The van der Waals surface area contributed by atoms with Crippen LogP contribution in [-0.2, 0) is 17.6 Å². The van der Waals surface area contributed by atoms with E-state index in [1.807, 2.05) is 12.3 Å². The highest BCUT2D eigenvalue weighted by atomic mass is 32.1. The zero-order valence-corrected chi connectivity index (χ0v) is 12.5. The van der Waals surface area contributed by atoms with E-state index in [-0.39, 0.29) is 24.7 Å². The largest absolute Gasteiger partial charge is 0.387 e. The minimum absolute atomic E-state index is 0.0925. The normalized spacial score (nSPS) is 12.1. The maximum absolute atomic E-state index is 12.8. The number of aliphatic hydroxyl groups is 1. The van der Waals surface area contributed by atoms with Gasteiger partial charge in [0.05, 0.1) is 23.2 Å². The molecule has 1 aromatic carbocycles. The summed E-state index contributed by atoms with van der Waals surface area (Å²) in [5, 5.41) is 15.4. The molecule has 1 atom stereocenters. The Morgan fingerprint density at radius 2 is 2.14 bits per heavy atom. The van der Waals surface area contributed by atoms with Crippen molar-refractivity contribution in [1.82, 2.24) is 10.3 Å². The van der Waals surface area contributed by atoms with Crippen LogP contribution in [0, 0.1) is 5.82 Å². The number of thiazole rings is 1. The van der Waals surface area contributed by atoms with Crippen molar-refractivity contribution in [2.24, 2.45) is 0 Å². The molecular weight excluding hydrogens is 291 g/mol. The lowest BCUT2D eigenvalue weighted by Crippen LogP contribution is -2.29. The fourth-order valence-corrected chi connectivity index (χ4v) is 2.58. The number of aryl methyl sites for hydroxylation is 1. The van der Waals surface area contributed by atoms with Crippen LogP contribution in [-0.4, -0.2) is 22.5 Å². The first-order valence-electron chi connectivity index (χ1n) is 6.72. The van der Waals surface area contributed by atoms with Crippen LogP contribution in [0.15, 0.2) is 29.6 Å². The molecule has 0 saturated carbocycles. The quantitative estimate of drug-likeness (QED) is 0.860. The number of amides is 1. The Labute approximate surface area is 126 Å². The monoisotopic (exact) mass is 308 g/mol. The fraction of sp³-hybridized carbons (Fsp3) is 0.333. The molecule has 1 aromatic heterocycles. The molecule has 0 radical (unpaired) electrons. The zero-order valence-electron chi connectivity index (χ0n) is 11.7. The molecule has 0 bridgehead atoms. The number of hydrogen-bond donors (Lipinski definition) is 2. The molecule has 0 spiro atoms. The maximum Gasteiger partial charge on any atom is 0.226 e. The molecule has 112 valence electrons. The van der Waals surface area contributed by atoms with Crippen molar-refractivity contribution < 1.29 is 14.3 Å². The smallest absolute Gasteiger partial charge is 0.226 e. The van der Waals surface area contributed by atoms with Gasteiger partial charge in [-0.15, -0.1) is 11.3 Å². The Hall–Kier alpha value is -1.79. The number of nitrogens with one attached hydrogen (secondary N) is 1. The number of aliphatic hydroxyl groups excluding tert-OH is 1. The molecule has 2 aromatic rings. The standard InChI is InChI=1S/C15H17FN2O2S/c1-2-15-18-12(9-21-15)7-14(20)17-8-13(19)10-3-5-11(16)6-4-10/h3-6,9,13,19H,2,7-8H2,1H3,(H,17,20). The van der Waals surface area contributed by atoms with E-state index in [1.54, 1.807) is 0 Å². The van der Waals surface area contributed by atoms with Gasteiger partial charge in [0, 0.05) is 11.9 Å². The van der Waals surface area contributed by atoms with Crippen molar-refractivity contribution in [3.05, 3.63) is 51.7 Å². The second-order valence-electron chi connectivity index (χ2n) is 4.63. The van der Waals surface area contributed by atoms with E-state index in [0.29, 0.717) is 5.56 Å². The first-order valence-corrected chi connectivity index (χ1v) is 7.60. The van der Waals surface area contributed by atoms with Crippen LogP contribution >= 0.6 is 11.3 Å². The molecule has 2 rings (SSSR count). The number of rotatable bonds is 6. The van der Waals surface area contributed by atoms with Crippen molar-refractivity contribution >= 4 is 17.2 Å². The van der Waals surface area contributed by atoms with Gasteiger partial charge in [0.15, 0.2) is 0 Å². The van der Waals surface area contributed by atoms with Crippen LogP contribution in [0.3, 0.4) is 0 Å². The van der Waals surface area contributed by atoms with Gasteiger partial charge in [0.2, 0.25) is 5.91 Å². The van der Waals surface area contributed by atoms with Crippen LogP contribution in [0.4, 0.5) is 4.39 Å². The van der Waals surface area contributed by atoms with E-state index in [1.165, 1.54) is 35.6 Å². The highest BCUT2D eigenvalue weighted by Gasteiger charge is 2.11. The second kappa shape index (κ2) is 7.28. The summed E-state index contributed by atoms with van der Waals surface area (Å²) in [5.74, 6) is -0.547.